The fraction of sp³-hybridized carbons (Fsp3) is 0.0400. The van der Waals surface area contributed by atoms with E-state index in [4.69, 9.17) is 4.74 Å². The molecule has 0 saturated heterocycles. The van der Waals surface area contributed by atoms with Gasteiger partial charge in [0.05, 0.1) is 10.4 Å². The Morgan fingerprint density at radius 1 is 0.871 bits per heavy atom. The lowest BCUT2D eigenvalue weighted by Crippen LogP contribution is -2.06. The molecule has 0 bridgehead atoms. The van der Waals surface area contributed by atoms with E-state index in [-0.39, 0.29) is 23.7 Å². The van der Waals surface area contributed by atoms with Crippen LogP contribution in [0.5, 0.6) is 5.75 Å². The van der Waals surface area contributed by atoms with Crippen LogP contribution >= 0.6 is 11.3 Å². The van der Waals surface area contributed by atoms with Crippen LogP contribution in [0.25, 0.3) is 0 Å². The zero-order chi connectivity index (χ0) is 21.6. The van der Waals surface area contributed by atoms with Gasteiger partial charge in [-0.05, 0) is 35.9 Å². The third-order valence-corrected chi connectivity index (χ3v) is 5.58. The fourth-order valence-electron chi connectivity index (χ4n) is 2.99. The van der Waals surface area contributed by atoms with E-state index >= 15 is 0 Å². The number of phenolic OH excluding ortho intramolecular Hbond substituents is 1. The number of aromatic hydroxyl groups is 1. The maximum absolute atomic E-state index is 12.9. The van der Waals surface area contributed by atoms with E-state index in [0.717, 1.165) is 11.3 Å². The molecular weight excluding hydrogens is 410 g/mol. The largest absolute Gasteiger partial charge is 0.508 e. The molecule has 0 amide bonds. The van der Waals surface area contributed by atoms with Crippen LogP contribution in [0.15, 0.2) is 91.0 Å². The predicted molar refractivity (Wildman–Crippen MR) is 121 cm³/mol. The Bertz CT molecular complexity index is 1200. The Balaban J connectivity index is 1.63. The molecule has 0 aliphatic heterocycles. The van der Waals surface area contributed by atoms with E-state index in [1.165, 1.54) is 29.5 Å². The average Bonchev–Trinajstić information content (AvgIpc) is 3.22. The van der Waals surface area contributed by atoms with Gasteiger partial charge in [-0.1, -0.05) is 60.7 Å². The maximum Gasteiger partial charge on any atom is 0.341 e. The molecule has 2 N–H and O–H groups in total. The Kier molecular flexibility index (Phi) is 6.10. The molecule has 6 heteroatoms. The molecule has 1 heterocycles. The number of carbonyl (C=O) groups is 2. The van der Waals surface area contributed by atoms with Crippen molar-refractivity contribution in [1.82, 2.24) is 0 Å². The normalized spacial score (nSPS) is 10.5. The number of hydrogen-bond donors (Lipinski definition) is 2. The Hall–Kier alpha value is -3.90. The molecule has 0 radical (unpaired) electrons. The molecule has 4 rings (SSSR count). The van der Waals surface area contributed by atoms with Crippen LogP contribution in [-0.2, 0) is 11.3 Å². The van der Waals surface area contributed by atoms with Crippen molar-refractivity contribution in [3.8, 4) is 5.75 Å². The Labute approximate surface area is 183 Å². The van der Waals surface area contributed by atoms with E-state index < -0.39 is 5.97 Å². The highest BCUT2D eigenvalue weighted by atomic mass is 32.1. The lowest BCUT2D eigenvalue weighted by molar-refractivity contribution is 0.0474. The van der Waals surface area contributed by atoms with Crippen LogP contribution < -0.4 is 5.32 Å². The van der Waals surface area contributed by atoms with Crippen LogP contribution in [0.3, 0.4) is 0 Å². The summed E-state index contributed by atoms with van der Waals surface area (Å²) in [6.07, 6.45) is 0. The monoisotopic (exact) mass is 429 g/mol. The second-order valence-electron chi connectivity index (χ2n) is 6.79. The van der Waals surface area contributed by atoms with Gasteiger partial charge in [0.2, 0.25) is 5.78 Å². The molecule has 0 aliphatic rings. The molecule has 0 spiro atoms. The lowest BCUT2D eigenvalue weighted by Gasteiger charge is -2.08. The zero-order valence-corrected chi connectivity index (χ0v) is 17.3. The van der Waals surface area contributed by atoms with Gasteiger partial charge in [0.25, 0.3) is 0 Å². The number of nitrogens with one attached hydrogen (secondary N) is 1. The third kappa shape index (κ3) is 4.99. The van der Waals surface area contributed by atoms with Gasteiger partial charge in [0.15, 0.2) is 0 Å². The number of ketones is 1. The second-order valence-corrected chi connectivity index (χ2v) is 7.84. The summed E-state index contributed by atoms with van der Waals surface area (Å²) in [5.74, 6) is -0.792. The lowest BCUT2D eigenvalue weighted by atomic mass is 10.1. The van der Waals surface area contributed by atoms with E-state index in [1.807, 2.05) is 60.7 Å². The van der Waals surface area contributed by atoms with Gasteiger partial charge in [-0.15, -0.1) is 11.3 Å². The number of anilines is 2. The minimum absolute atomic E-state index is 0.00698. The highest BCUT2D eigenvalue weighted by molar-refractivity contribution is 7.18. The van der Waals surface area contributed by atoms with Crippen molar-refractivity contribution in [2.24, 2.45) is 0 Å². The van der Waals surface area contributed by atoms with Crippen molar-refractivity contribution < 1.29 is 19.4 Å². The molecule has 5 nitrogen and oxygen atoms in total. The first-order chi connectivity index (χ1) is 15.1. The predicted octanol–water partition coefficient (Wildman–Crippen LogP) is 5.79. The van der Waals surface area contributed by atoms with Gasteiger partial charge in [0.1, 0.15) is 17.4 Å². The van der Waals surface area contributed by atoms with Crippen molar-refractivity contribution >= 4 is 33.8 Å². The summed E-state index contributed by atoms with van der Waals surface area (Å²) < 4.78 is 5.49. The fourth-order valence-corrected chi connectivity index (χ4v) is 4.02. The van der Waals surface area contributed by atoms with Crippen molar-refractivity contribution in [2.75, 3.05) is 5.32 Å². The number of thiophene rings is 1. The van der Waals surface area contributed by atoms with Gasteiger partial charge in [-0.2, -0.15) is 0 Å². The molecule has 31 heavy (non-hydrogen) atoms. The number of benzene rings is 3. The van der Waals surface area contributed by atoms with Gasteiger partial charge >= 0.3 is 5.97 Å². The molecule has 0 atom stereocenters. The van der Waals surface area contributed by atoms with Gasteiger partial charge in [-0.25, -0.2) is 4.79 Å². The number of ether oxygens (including phenoxy) is 1. The minimum atomic E-state index is -0.520. The first-order valence-electron chi connectivity index (χ1n) is 9.61. The molecule has 154 valence electrons. The summed E-state index contributed by atoms with van der Waals surface area (Å²) in [4.78, 5) is 26.2. The molecule has 4 aromatic rings. The molecule has 1 aromatic heterocycles. The van der Waals surface area contributed by atoms with Gasteiger partial charge < -0.3 is 15.2 Å². The van der Waals surface area contributed by atoms with Crippen molar-refractivity contribution in [2.45, 2.75) is 6.61 Å². The summed E-state index contributed by atoms with van der Waals surface area (Å²) >= 11 is 1.17. The second kappa shape index (κ2) is 9.28. The number of para-hydroxylation sites is 1. The first-order valence-corrected chi connectivity index (χ1v) is 10.4. The summed E-state index contributed by atoms with van der Waals surface area (Å²) in [5.41, 5.74) is 2.29. The van der Waals surface area contributed by atoms with Gasteiger partial charge in [0, 0.05) is 11.3 Å². The number of esters is 1. The topological polar surface area (TPSA) is 75.6 Å². The first kappa shape index (κ1) is 20.4. The highest BCUT2D eigenvalue weighted by Crippen LogP contribution is 2.33. The Morgan fingerprint density at radius 3 is 2.29 bits per heavy atom. The van der Waals surface area contributed by atoms with Crippen LogP contribution in [0.1, 0.15) is 31.2 Å². The molecule has 0 fully saturated rings. The number of phenols is 1. The molecule has 0 unspecified atom stereocenters. The number of carbonyl (C=O) groups excluding carboxylic acids is 2. The zero-order valence-electron chi connectivity index (χ0n) is 16.4. The van der Waals surface area contributed by atoms with Gasteiger partial charge in [-0.3, -0.25) is 4.79 Å². The smallest absolute Gasteiger partial charge is 0.341 e. The summed E-state index contributed by atoms with van der Waals surface area (Å²) in [7, 11) is 0. The summed E-state index contributed by atoms with van der Waals surface area (Å²) in [6.45, 7) is 0.135. The quantitative estimate of drug-likeness (QED) is 0.287. The summed E-state index contributed by atoms with van der Waals surface area (Å²) in [5, 5.41) is 13.4. The molecule has 0 aliphatic carbocycles. The molecule has 0 saturated carbocycles. The third-order valence-electron chi connectivity index (χ3n) is 4.53. The minimum Gasteiger partial charge on any atom is -0.508 e. The standard InChI is InChI=1S/C25H19NO4S/c27-20-13-7-10-18(14-20)23(28)22-15-21(24(31-22)26-19-11-5-2-6-12-19)25(29)30-16-17-8-3-1-4-9-17/h1-15,26-27H,16H2. The van der Waals surface area contributed by atoms with Crippen LogP contribution in [0.2, 0.25) is 0 Å². The van der Waals surface area contributed by atoms with Crippen LogP contribution in [0.4, 0.5) is 10.7 Å². The van der Waals surface area contributed by atoms with E-state index in [9.17, 15) is 14.7 Å². The van der Waals surface area contributed by atoms with E-state index in [1.54, 1.807) is 12.1 Å². The summed E-state index contributed by atoms with van der Waals surface area (Å²) in [6, 6.07) is 26.5. The van der Waals surface area contributed by atoms with Crippen LogP contribution in [0, 0.1) is 0 Å². The van der Waals surface area contributed by atoms with E-state index in [2.05, 4.69) is 5.32 Å². The average molecular weight is 429 g/mol. The van der Waals surface area contributed by atoms with Crippen LogP contribution in [-0.4, -0.2) is 16.9 Å². The van der Waals surface area contributed by atoms with E-state index in [0.29, 0.717) is 15.4 Å². The SMILES string of the molecule is O=C(c1cccc(O)c1)c1cc(C(=O)OCc2ccccc2)c(Nc2ccccc2)s1. The highest BCUT2D eigenvalue weighted by Gasteiger charge is 2.22. The molecule has 3 aromatic carbocycles. The van der Waals surface area contributed by atoms with Crippen molar-refractivity contribution in [3.05, 3.63) is 113 Å². The molecular formula is C25H19NO4S. The number of hydrogen-bond acceptors (Lipinski definition) is 6. The number of rotatable bonds is 7. The Morgan fingerprint density at radius 2 is 1.58 bits per heavy atom. The maximum atomic E-state index is 12.9. The van der Waals surface area contributed by atoms with Crippen molar-refractivity contribution in [1.29, 1.82) is 0 Å². The van der Waals surface area contributed by atoms with Crippen molar-refractivity contribution in [3.63, 3.8) is 0 Å².